The number of anilines is 1. The van der Waals surface area contributed by atoms with Gasteiger partial charge in [0.25, 0.3) is 5.91 Å². The predicted octanol–water partition coefficient (Wildman–Crippen LogP) is 1.91. The van der Waals surface area contributed by atoms with Crippen LogP contribution in [0, 0.1) is 0 Å². The van der Waals surface area contributed by atoms with Gasteiger partial charge in [0.1, 0.15) is 11.9 Å². The number of ether oxygens (including phenoxy) is 1. The van der Waals surface area contributed by atoms with Crippen LogP contribution in [0.1, 0.15) is 35.0 Å². The second-order valence-electron chi connectivity index (χ2n) is 5.91. The highest BCUT2D eigenvalue weighted by molar-refractivity contribution is 5.91. The summed E-state index contributed by atoms with van der Waals surface area (Å²) in [6, 6.07) is 5.41. The van der Waals surface area contributed by atoms with Crippen molar-refractivity contribution >= 4 is 11.9 Å². The van der Waals surface area contributed by atoms with Crippen LogP contribution in [0.3, 0.4) is 0 Å². The molecule has 7 heteroatoms. The van der Waals surface area contributed by atoms with Crippen molar-refractivity contribution in [1.29, 1.82) is 0 Å². The van der Waals surface area contributed by atoms with Crippen LogP contribution >= 0.6 is 0 Å². The Hall–Kier alpha value is -2.41. The largest absolute Gasteiger partial charge is 0.456 e. The van der Waals surface area contributed by atoms with Gasteiger partial charge >= 0.3 is 0 Å². The SMILES string of the molecule is CCc1ccc(C(=O)N2CCO[C@@H](c3ccnc(N(C)C)n3)C2)o1. The highest BCUT2D eigenvalue weighted by atomic mass is 16.5. The molecule has 0 saturated carbocycles. The van der Waals surface area contributed by atoms with Gasteiger partial charge in [-0.2, -0.15) is 0 Å². The van der Waals surface area contributed by atoms with Crippen LogP contribution in [-0.4, -0.2) is 54.6 Å². The van der Waals surface area contributed by atoms with Crippen LogP contribution in [0.2, 0.25) is 0 Å². The first-order valence-corrected chi connectivity index (χ1v) is 8.08. The molecule has 3 heterocycles. The summed E-state index contributed by atoms with van der Waals surface area (Å²) in [5.74, 6) is 1.71. The lowest BCUT2D eigenvalue weighted by atomic mass is 10.2. The minimum Gasteiger partial charge on any atom is -0.456 e. The maximum atomic E-state index is 12.6. The zero-order valence-electron chi connectivity index (χ0n) is 14.2. The van der Waals surface area contributed by atoms with Crippen molar-refractivity contribution in [2.45, 2.75) is 19.4 Å². The number of aromatic nitrogens is 2. The molecule has 1 aliphatic heterocycles. The lowest BCUT2D eigenvalue weighted by Crippen LogP contribution is -2.42. The second kappa shape index (κ2) is 7.00. The average molecular weight is 330 g/mol. The number of carbonyl (C=O) groups excluding carboxylic acids is 1. The highest BCUT2D eigenvalue weighted by Crippen LogP contribution is 2.23. The van der Waals surface area contributed by atoms with Gasteiger partial charge < -0.3 is 19.0 Å². The zero-order chi connectivity index (χ0) is 17.1. The van der Waals surface area contributed by atoms with E-state index in [9.17, 15) is 4.79 Å². The van der Waals surface area contributed by atoms with E-state index < -0.39 is 0 Å². The molecule has 1 aliphatic rings. The number of amides is 1. The topological polar surface area (TPSA) is 71.7 Å². The van der Waals surface area contributed by atoms with Crippen molar-refractivity contribution in [3.05, 3.63) is 41.6 Å². The molecule has 3 rings (SSSR count). The second-order valence-corrected chi connectivity index (χ2v) is 5.91. The molecular weight excluding hydrogens is 308 g/mol. The monoisotopic (exact) mass is 330 g/mol. The van der Waals surface area contributed by atoms with Gasteiger partial charge in [0.2, 0.25) is 5.95 Å². The normalized spacial score (nSPS) is 17.8. The summed E-state index contributed by atoms with van der Waals surface area (Å²) in [5.41, 5.74) is 0.778. The molecule has 1 amide bonds. The number of morpholine rings is 1. The van der Waals surface area contributed by atoms with Gasteiger partial charge in [-0.1, -0.05) is 6.92 Å². The van der Waals surface area contributed by atoms with E-state index in [0.717, 1.165) is 17.9 Å². The number of furan rings is 1. The lowest BCUT2D eigenvalue weighted by molar-refractivity contribution is -0.0257. The maximum Gasteiger partial charge on any atom is 0.289 e. The van der Waals surface area contributed by atoms with Crippen molar-refractivity contribution in [3.63, 3.8) is 0 Å². The van der Waals surface area contributed by atoms with Crippen molar-refractivity contribution in [1.82, 2.24) is 14.9 Å². The molecule has 0 unspecified atom stereocenters. The molecule has 24 heavy (non-hydrogen) atoms. The Morgan fingerprint density at radius 3 is 2.92 bits per heavy atom. The van der Waals surface area contributed by atoms with E-state index in [1.807, 2.05) is 38.1 Å². The average Bonchev–Trinajstić information content (AvgIpc) is 3.10. The van der Waals surface area contributed by atoms with Crippen LogP contribution in [-0.2, 0) is 11.2 Å². The fraction of sp³-hybridized carbons (Fsp3) is 0.471. The Morgan fingerprint density at radius 2 is 2.21 bits per heavy atom. The fourth-order valence-electron chi connectivity index (χ4n) is 2.61. The van der Waals surface area contributed by atoms with Crippen LogP contribution in [0.15, 0.2) is 28.8 Å². The number of carbonyl (C=O) groups is 1. The minimum atomic E-state index is -0.259. The van der Waals surface area contributed by atoms with E-state index in [1.165, 1.54) is 0 Å². The number of hydrogen-bond donors (Lipinski definition) is 0. The third-order valence-corrected chi connectivity index (χ3v) is 3.97. The van der Waals surface area contributed by atoms with Gasteiger partial charge in [-0.05, 0) is 18.2 Å². The van der Waals surface area contributed by atoms with Crippen LogP contribution in [0.25, 0.3) is 0 Å². The molecular formula is C17H22N4O3. The summed E-state index contributed by atoms with van der Waals surface area (Å²) in [7, 11) is 3.78. The van der Waals surface area contributed by atoms with Gasteiger partial charge in [0.15, 0.2) is 5.76 Å². The summed E-state index contributed by atoms with van der Waals surface area (Å²) in [6.07, 6.45) is 2.22. The summed E-state index contributed by atoms with van der Waals surface area (Å²) >= 11 is 0. The molecule has 0 aromatic carbocycles. The quantitative estimate of drug-likeness (QED) is 0.853. The predicted molar refractivity (Wildman–Crippen MR) is 89.0 cm³/mol. The standard InChI is InChI=1S/C17H22N4O3/c1-4-12-5-6-14(24-12)16(22)21-9-10-23-15(11-21)13-7-8-18-17(19-13)20(2)3/h5-8,15H,4,9-11H2,1-3H3/t15-/m1/s1. The number of nitrogens with zero attached hydrogens (tertiary/aromatic N) is 4. The Balaban J connectivity index is 1.74. The van der Waals surface area contributed by atoms with Crippen LogP contribution in [0.4, 0.5) is 5.95 Å². The van der Waals surface area contributed by atoms with Crippen molar-refractivity contribution in [3.8, 4) is 0 Å². The molecule has 2 aromatic heterocycles. The molecule has 2 aromatic rings. The van der Waals surface area contributed by atoms with E-state index in [1.54, 1.807) is 17.2 Å². The van der Waals surface area contributed by atoms with Gasteiger partial charge in [0.05, 0.1) is 18.8 Å². The summed E-state index contributed by atoms with van der Waals surface area (Å²) in [4.78, 5) is 24.9. The first-order valence-electron chi connectivity index (χ1n) is 8.08. The van der Waals surface area contributed by atoms with Crippen LogP contribution in [0.5, 0.6) is 0 Å². The molecule has 128 valence electrons. The number of rotatable bonds is 4. The highest BCUT2D eigenvalue weighted by Gasteiger charge is 2.28. The Bertz CT molecular complexity index is 713. The third-order valence-electron chi connectivity index (χ3n) is 3.97. The fourth-order valence-corrected chi connectivity index (χ4v) is 2.61. The van der Waals surface area contributed by atoms with E-state index in [-0.39, 0.29) is 12.0 Å². The van der Waals surface area contributed by atoms with E-state index >= 15 is 0 Å². The Morgan fingerprint density at radius 1 is 1.38 bits per heavy atom. The molecule has 1 atom stereocenters. The van der Waals surface area contributed by atoms with Crippen LogP contribution < -0.4 is 4.90 Å². The molecule has 0 N–H and O–H groups in total. The first-order chi connectivity index (χ1) is 11.6. The van der Waals surface area contributed by atoms with E-state index in [4.69, 9.17) is 9.15 Å². The smallest absolute Gasteiger partial charge is 0.289 e. The minimum absolute atomic E-state index is 0.107. The van der Waals surface area contributed by atoms with Gasteiger partial charge in [0, 0.05) is 33.3 Å². The van der Waals surface area contributed by atoms with Crippen molar-refractivity contribution in [2.75, 3.05) is 38.7 Å². The Labute approximate surface area is 141 Å². The van der Waals surface area contributed by atoms with E-state index in [0.29, 0.717) is 31.4 Å². The van der Waals surface area contributed by atoms with Gasteiger partial charge in [-0.15, -0.1) is 0 Å². The maximum absolute atomic E-state index is 12.6. The van der Waals surface area contributed by atoms with Crippen molar-refractivity contribution in [2.24, 2.45) is 0 Å². The summed E-state index contributed by atoms with van der Waals surface area (Å²) in [6.45, 7) is 3.46. The summed E-state index contributed by atoms with van der Waals surface area (Å²) < 4.78 is 11.4. The molecule has 1 saturated heterocycles. The molecule has 7 nitrogen and oxygen atoms in total. The molecule has 0 spiro atoms. The van der Waals surface area contributed by atoms with E-state index in [2.05, 4.69) is 9.97 Å². The number of aryl methyl sites for hydroxylation is 1. The van der Waals surface area contributed by atoms with Gasteiger partial charge in [-0.3, -0.25) is 4.79 Å². The first kappa shape index (κ1) is 16.4. The summed E-state index contributed by atoms with van der Waals surface area (Å²) in [5, 5.41) is 0. The molecule has 0 aliphatic carbocycles. The Kier molecular flexibility index (Phi) is 4.80. The number of hydrogen-bond acceptors (Lipinski definition) is 6. The molecule has 0 bridgehead atoms. The lowest BCUT2D eigenvalue weighted by Gasteiger charge is -2.32. The molecule has 0 radical (unpaired) electrons. The zero-order valence-corrected chi connectivity index (χ0v) is 14.2. The third kappa shape index (κ3) is 3.41. The van der Waals surface area contributed by atoms with Crippen molar-refractivity contribution < 1.29 is 13.9 Å². The molecule has 1 fully saturated rings. The van der Waals surface area contributed by atoms with Gasteiger partial charge in [-0.25, -0.2) is 9.97 Å².